The SMILES string of the molecule is CC(C)(C)OC(=O)C1CCCN(C(=O)CC[C@@H](C(=O)O)N2C(=O)c3ccccc3C2=O)N1. The number of carbonyl (C=O) groups is 5. The minimum atomic E-state index is -1.47. The molecule has 1 fully saturated rings. The maximum atomic E-state index is 12.7. The van der Waals surface area contributed by atoms with Gasteiger partial charge in [-0.15, -0.1) is 0 Å². The molecule has 10 nitrogen and oxygen atoms in total. The van der Waals surface area contributed by atoms with Gasteiger partial charge in [0, 0.05) is 13.0 Å². The van der Waals surface area contributed by atoms with Crippen molar-refractivity contribution in [3.8, 4) is 0 Å². The summed E-state index contributed by atoms with van der Waals surface area (Å²) in [5.74, 6) is -3.64. The van der Waals surface area contributed by atoms with E-state index in [4.69, 9.17) is 4.74 Å². The summed E-state index contributed by atoms with van der Waals surface area (Å²) in [7, 11) is 0. The van der Waals surface area contributed by atoms with Gasteiger partial charge in [-0.2, -0.15) is 0 Å². The van der Waals surface area contributed by atoms with Crippen LogP contribution >= 0.6 is 0 Å². The minimum absolute atomic E-state index is 0.146. The number of esters is 1. The standard InChI is InChI=1S/C22H27N3O7/c1-22(2,3)32-21(31)15-9-6-12-24(23-15)17(26)11-10-16(20(29)30)25-18(27)13-7-4-5-8-14(13)19(25)28/h4-5,7-8,15-16,23H,6,9-12H2,1-3H3,(H,29,30)/t15?,16-/m0/s1. The van der Waals surface area contributed by atoms with E-state index in [9.17, 15) is 29.1 Å². The lowest BCUT2D eigenvalue weighted by molar-refractivity contribution is -0.161. The molecule has 3 rings (SSSR count). The van der Waals surface area contributed by atoms with Gasteiger partial charge in [0.25, 0.3) is 11.8 Å². The van der Waals surface area contributed by atoms with Crippen LogP contribution in [0.1, 0.15) is 67.2 Å². The number of carbonyl (C=O) groups excluding carboxylic acids is 4. The van der Waals surface area contributed by atoms with Gasteiger partial charge in [-0.05, 0) is 52.2 Å². The number of benzene rings is 1. The number of amides is 3. The molecule has 3 amide bonds. The molecule has 1 unspecified atom stereocenters. The molecular weight excluding hydrogens is 418 g/mol. The number of imide groups is 1. The van der Waals surface area contributed by atoms with Crippen molar-refractivity contribution in [3.05, 3.63) is 35.4 Å². The Morgan fingerprint density at radius 2 is 1.75 bits per heavy atom. The summed E-state index contributed by atoms with van der Waals surface area (Å²) in [5.41, 5.74) is 2.48. The third-order valence-electron chi connectivity index (χ3n) is 5.23. The van der Waals surface area contributed by atoms with E-state index in [1.54, 1.807) is 32.9 Å². The zero-order valence-corrected chi connectivity index (χ0v) is 18.3. The van der Waals surface area contributed by atoms with Crippen molar-refractivity contribution in [2.24, 2.45) is 0 Å². The first-order chi connectivity index (χ1) is 15.0. The first kappa shape index (κ1) is 23.4. The number of hydrogen-bond acceptors (Lipinski definition) is 7. The number of aliphatic carboxylic acids is 1. The van der Waals surface area contributed by atoms with Crippen molar-refractivity contribution in [2.75, 3.05) is 6.54 Å². The molecule has 2 aliphatic heterocycles. The fourth-order valence-corrected chi connectivity index (χ4v) is 3.76. The molecule has 2 atom stereocenters. The smallest absolute Gasteiger partial charge is 0.326 e. The second-order valence-corrected chi connectivity index (χ2v) is 8.82. The number of nitrogens with one attached hydrogen (secondary N) is 1. The summed E-state index contributed by atoms with van der Waals surface area (Å²) < 4.78 is 5.36. The Balaban J connectivity index is 1.64. The minimum Gasteiger partial charge on any atom is -0.480 e. The molecule has 1 aromatic rings. The number of nitrogens with zero attached hydrogens (tertiary/aromatic N) is 2. The molecule has 1 saturated heterocycles. The van der Waals surface area contributed by atoms with Gasteiger partial charge in [-0.25, -0.2) is 10.2 Å². The van der Waals surface area contributed by atoms with Gasteiger partial charge >= 0.3 is 11.9 Å². The fourth-order valence-electron chi connectivity index (χ4n) is 3.76. The lowest BCUT2D eigenvalue weighted by Gasteiger charge is -2.34. The van der Waals surface area contributed by atoms with Crippen molar-refractivity contribution in [1.82, 2.24) is 15.3 Å². The van der Waals surface area contributed by atoms with Crippen molar-refractivity contribution in [3.63, 3.8) is 0 Å². The van der Waals surface area contributed by atoms with Crippen molar-refractivity contribution >= 4 is 29.7 Å². The Morgan fingerprint density at radius 1 is 1.16 bits per heavy atom. The summed E-state index contributed by atoms with van der Waals surface area (Å²) in [6.07, 6.45) is 0.613. The largest absolute Gasteiger partial charge is 0.480 e. The summed E-state index contributed by atoms with van der Waals surface area (Å²) >= 11 is 0. The third-order valence-corrected chi connectivity index (χ3v) is 5.23. The van der Waals surface area contributed by atoms with Crippen molar-refractivity contribution in [1.29, 1.82) is 0 Å². The van der Waals surface area contributed by atoms with E-state index >= 15 is 0 Å². The van der Waals surface area contributed by atoms with Crippen molar-refractivity contribution < 1.29 is 33.8 Å². The molecule has 0 aliphatic carbocycles. The number of fused-ring (bicyclic) bond motifs is 1. The second kappa shape index (κ2) is 9.07. The predicted octanol–water partition coefficient (Wildman–Crippen LogP) is 1.35. The van der Waals surface area contributed by atoms with Gasteiger partial charge in [0.1, 0.15) is 17.7 Å². The number of hydrazine groups is 1. The second-order valence-electron chi connectivity index (χ2n) is 8.82. The lowest BCUT2D eigenvalue weighted by Crippen LogP contribution is -2.56. The van der Waals surface area contributed by atoms with Crippen LogP contribution in [0.2, 0.25) is 0 Å². The quantitative estimate of drug-likeness (QED) is 0.495. The van der Waals surface area contributed by atoms with E-state index < -0.39 is 47.3 Å². The molecule has 0 bridgehead atoms. The van der Waals surface area contributed by atoms with Crippen LogP contribution < -0.4 is 5.43 Å². The number of ether oxygens (including phenoxy) is 1. The van der Waals surface area contributed by atoms with Crippen LogP contribution in [0.15, 0.2) is 24.3 Å². The topological polar surface area (TPSA) is 133 Å². The Hall–Kier alpha value is -3.27. The summed E-state index contributed by atoms with van der Waals surface area (Å²) in [6.45, 7) is 5.61. The van der Waals surface area contributed by atoms with Gasteiger partial charge in [0.2, 0.25) is 5.91 Å². The van der Waals surface area contributed by atoms with Crippen LogP contribution in [0.5, 0.6) is 0 Å². The van der Waals surface area contributed by atoms with Gasteiger partial charge in [0.15, 0.2) is 0 Å². The Labute approximate surface area is 185 Å². The van der Waals surface area contributed by atoms with E-state index in [1.165, 1.54) is 17.1 Å². The zero-order chi connectivity index (χ0) is 23.6. The predicted molar refractivity (Wildman–Crippen MR) is 111 cm³/mol. The first-order valence-corrected chi connectivity index (χ1v) is 10.5. The Kier molecular flexibility index (Phi) is 6.63. The maximum absolute atomic E-state index is 12.7. The normalized spacial score (nSPS) is 19.5. The fraction of sp³-hybridized carbons (Fsp3) is 0.500. The monoisotopic (exact) mass is 445 g/mol. The van der Waals surface area contributed by atoms with Gasteiger partial charge < -0.3 is 9.84 Å². The number of hydrogen-bond donors (Lipinski definition) is 2. The van der Waals surface area contributed by atoms with E-state index in [2.05, 4.69) is 5.43 Å². The highest BCUT2D eigenvalue weighted by molar-refractivity contribution is 6.22. The third kappa shape index (κ3) is 4.96. The van der Waals surface area contributed by atoms with Gasteiger partial charge in [-0.3, -0.25) is 29.1 Å². The van der Waals surface area contributed by atoms with Crippen LogP contribution in [0.4, 0.5) is 0 Å². The summed E-state index contributed by atoms with van der Waals surface area (Å²) in [4.78, 5) is 62.8. The maximum Gasteiger partial charge on any atom is 0.326 e. The first-order valence-electron chi connectivity index (χ1n) is 10.5. The lowest BCUT2D eigenvalue weighted by atomic mass is 10.1. The molecule has 2 aliphatic rings. The average molecular weight is 445 g/mol. The van der Waals surface area contributed by atoms with Crippen LogP contribution in [0, 0.1) is 0 Å². The van der Waals surface area contributed by atoms with E-state index in [0.717, 1.165) is 0 Å². The number of carboxylic acids is 1. The van der Waals surface area contributed by atoms with Crippen LogP contribution in [0.3, 0.4) is 0 Å². The molecule has 2 N–H and O–H groups in total. The molecule has 0 radical (unpaired) electrons. The van der Waals surface area contributed by atoms with Crippen LogP contribution in [-0.4, -0.2) is 68.9 Å². The van der Waals surface area contributed by atoms with E-state index in [1.807, 2.05) is 0 Å². The molecule has 10 heteroatoms. The van der Waals surface area contributed by atoms with Crippen LogP contribution in [-0.2, 0) is 19.1 Å². The molecule has 172 valence electrons. The highest BCUT2D eigenvalue weighted by Crippen LogP contribution is 2.26. The van der Waals surface area contributed by atoms with Gasteiger partial charge in [-0.1, -0.05) is 12.1 Å². The van der Waals surface area contributed by atoms with Crippen molar-refractivity contribution in [2.45, 2.75) is 64.1 Å². The molecule has 0 aromatic heterocycles. The molecule has 0 spiro atoms. The highest BCUT2D eigenvalue weighted by atomic mass is 16.6. The Bertz CT molecular complexity index is 918. The van der Waals surface area contributed by atoms with Gasteiger partial charge in [0.05, 0.1) is 11.1 Å². The summed E-state index contributed by atoms with van der Waals surface area (Å²) in [6, 6.07) is 3.96. The molecule has 0 saturated carbocycles. The zero-order valence-electron chi connectivity index (χ0n) is 18.3. The molecule has 2 heterocycles. The molecule has 32 heavy (non-hydrogen) atoms. The van der Waals surface area contributed by atoms with Crippen LogP contribution in [0.25, 0.3) is 0 Å². The number of carboxylic acid groups (broad SMARTS) is 1. The Morgan fingerprint density at radius 3 is 2.28 bits per heavy atom. The van der Waals surface area contributed by atoms with E-state index in [-0.39, 0.29) is 24.0 Å². The summed E-state index contributed by atoms with van der Waals surface area (Å²) in [5, 5.41) is 10.9. The highest BCUT2D eigenvalue weighted by Gasteiger charge is 2.43. The van der Waals surface area contributed by atoms with E-state index in [0.29, 0.717) is 24.3 Å². The number of rotatable bonds is 6. The average Bonchev–Trinajstić information content (AvgIpc) is 2.98. The molecular formula is C22H27N3O7. The molecule has 1 aromatic carbocycles.